The molecular weight excluding hydrogens is 529 g/mol. The van der Waals surface area contributed by atoms with Gasteiger partial charge in [0.25, 0.3) is 10.0 Å². The molecule has 0 saturated carbocycles. The van der Waals surface area contributed by atoms with Crippen LogP contribution in [0.2, 0.25) is 0 Å². The molecule has 0 unspecified atom stereocenters. The van der Waals surface area contributed by atoms with Crippen molar-refractivity contribution in [3.05, 3.63) is 72.1 Å². The monoisotopic (exact) mass is 557 g/mol. The van der Waals surface area contributed by atoms with Crippen LogP contribution >= 0.6 is 11.3 Å². The highest BCUT2D eigenvalue weighted by atomic mass is 32.2. The van der Waals surface area contributed by atoms with Crippen LogP contribution in [0.1, 0.15) is 21.3 Å². The van der Waals surface area contributed by atoms with E-state index in [0.717, 1.165) is 0 Å². The van der Waals surface area contributed by atoms with Crippen molar-refractivity contribution in [1.82, 2.24) is 14.5 Å². The third-order valence-corrected chi connectivity index (χ3v) is 8.71. The van der Waals surface area contributed by atoms with Crippen molar-refractivity contribution >= 4 is 54.9 Å². The van der Waals surface area contributed by atoms with Crippen LogP contribution < -0.4 is 9.62 Å². The van der Waals surface area contributed by atoms with Gasteiger partial charge in [-0.15, -0.1) is 11.3 Å². The van der Waals surface area contributed by atoms with Crippen LogP contribution in [0.5, 0.6) is 0 Å². The van der Waals surface area contributed by atoms with Gasteiger partial charge in [0.05, 0.1) is 10.4 Å². The van der Waals surface area contributed by atoms with Crippen molar-refractivity contribution in [2.24, 2.45) is 5.92 Å². The fraction of sp³-hybridized carbons (Fsp3) is 0.269. The maximum absolute atomic E-state index is 14.3. The fourth-order valence-corrected chi connectivity index (χ4v) is 6.48. The van der Waals surface area contributed by atoms with Crippen LogP contribution in [0.15, 0.2) is 71.2 Å². The Balaban J connectivity index is 0.00000353. The van der Waals surface area contributed by atoms with Gasteiger partial charge in [0.2, 0.25) is 11.8 Å². The lowest BCUT2D eigenvalue weighted by Gasteiger charge is -2.37. The molecule has 4 aromatic rings. The van der Waals surface area contributed by atoms with Gasteiger partial charge < -0.3 is 14.4 Å². The lowest BCUT2D eigenvalue weighted by molar-refractivity contribution is -0.140. The normalized spacial score (nSPS) is 15.3. The van der Waals surface area contributed by atoms with Crippen LogP contribution in [0, 0.1) is 11.7 Å². The molecular formula is C26H28FN5O4S2. The molecule has 0 aliphatic carbocycles. The van der Waals surface area contributed by atoms with Crippen LogP contribution in [0.3, 0.4) is 0 Å². The molecule has 1 fully saturated rings. The largest absolute Gasteiger partial charge is 0.335 e. The van der Waals surface area contributed by atoms with Gasteiger partial charge in [0, 0.05) is 43.4 Å². The Labute approximate surface area is 225 Å². The Bertz CT molecular complexity index is 1590. The Morgan fingerprint density at radius 3 is 2.55 bits per heavy atom. The Hall–Kier alpha value is -3.77. The maximum Gasteiger partial charge on any atom is 0.263 e. The van der Waals surface area contributed by atoms with E-state index in [-0.39, 0.29) is 48.1 Å². The standard InChI is InChI=1S/C26H26FN5O4S2.H2/c1-17(2)24(32-12-10-20-21(27)4-3-5-22(20)32)25(34)30-13-14-31(23(33)16-30)18-6-8-19(9-7-18)38(35,36)29-26-28-11-15-37-26;/h3-12,15,17,24H,13-14,16H2,1-2H3,(H,28,29);1H/t24-;/m0./s1. The zero-order valence-corrected chi connectivity index (χ0v) is 22.4. The fourth-order valence-electron chi connectivity index (χ4n) is 4.69. The molecule has 2 aromatic heterocycles. The summed E-state index contributed by atoms with van der Waals surface area (Å²) in [5, 5.41) is 2.38. The minimum absolute atomic E-state index is 0. The summed E-state index contributed by atoms with van der Waals surface area (Å²) in [5.74, 6) is -0.920. The summed E-state index contributed by atoms with van der Waals surface area (Å²) in [6, 6.07) is 11.9. The highest BCUT2D eigenvalue weighted by Crippen LogP contribution is 2.29. The first-order chi connectivity index (χ1) is 18.2. The number of carbonyl (C=O) groups excluding carboxylic acids is 2. The molecule has 1 N–H and O–H groups in total. The van der Waals surface area contributed by atoms with E-state index in [1.54, 1.807) is 51.4 Å². The summed E-state index contributed by atoms with van der Waals surface area (Å²) in [4.78, 5) is 33.7. The lowest BCUT2D eigenvalue weighted by atomic mass is 10.0. The molecule has 5 rings (SSSR count). The number of nitrogens with zero attached hydrogens (tertiary/aromatic N) is 4. The van der Waals surface area contributed by atoms with E-state index >= 15 is 0 Å². The third kappa shape index (κ3) is 4.88. The van der Waals surface area contributed by atoms with Gasteiger partial charge in [0.15, 0.2) is 5.13 Å². The van der Waals surface area contributed by atoms with E-state index in [1.165, 1.54) is 40.6 Å². The third-order valence-electron chi connectivity index (χ3n) is 6.54. The predicted octanol–water partition coefficient (Wildman–Crippen LogP) is 4.36. The average molecular weight is 558 g/mol. The quantitative estimate of drug-likeness (QED) is 0.364. The number of amides is 2. The van der Waals surface area contributed by atoms with Gasteiger partial charge >= 0.3 is 0 Å². The summed E-state index contributed by atoms with van der Waals surface area (Å²) in [6.07, 6.45) is 3.22. The second-order valence-electron chi connectivity index (χ2n) is 9.33. The first-order valence-corrected chi connectivity index (χ1v) is 14.4. The van der Waals surface area contributed by atoms with Crippen LogP contribution in [-0.2, 0) is 19.6 Å². The van der Waals surface area contributed by atoms with Gasteiger partial charge in [-0.05, 0) is 48.4 Å². The van der Waals surface area contributed by atoms with E-state index in [2.05, 4.69) is 9.71 Å². The maximum atomic E-state index is 14.3. The minimum atomic E-state index is -3.81. The molecule has 2 amide bonds. The van der Waals surface area contributed by atoms with E-state index in [1.807, 2.05) is 13.8 Å². The number of hydrogen-bond donors (Lipinski definition) is 1. The Morgan fingerprint density at radius 1 is 1.13 bits per heavy atom. The van der Waals surface area contributed by atoms with Crippen LogP contribution in [0.25, 0.3) is 10.9 Å². The number of fused-ring (bicyclic) bond motifs is 1. The topological polar surface area (TPSA) is 105 Å². The van der Waals surface area contributed by atoms with Gasteiger partial charge in [-0.2, -0.15) is 0 Å². The SMILES string of the molecule is CC(C)[C@@H](C(=O)N1CCN(c2ccc(S(=O)(=O)Nc3nccs3)cc2)C(=O)C1)n1ccc2c(F)cccc21.[HH]. The van der Waals surface area contributed by atoms with Gasteiger partial charge in [-0.25, -0.2) is 17.8 Å². The molecule has 0 spiro atoms. The molecule has 12 heteroatoms. The molecule has 1 saturated heterocycles. The highest BCUT2D eigenvalue weighted by Gasteiger charge is 2.34. The van der Waals surface area contributed by atoms with Crippen LogP contribution in [-0.4, -0.2) is 54.3 Å². The number of hydrogen-bond acceptors (Lipinski definition) is 6. The first-order valence-electron chi connectivity index (χ1n) is 12.0. The van der Waals surface area contributed by atoms with Gasteiger partial charge in [-0.1, -0.05) is 19.9 Å². The first kappa shape index (κ1) is 25.9. The number of nitrogens with one attached hydrogen (secondary N) is 1. The van der Waals surface area contributed by atoms with Crippen LogP contribution in [0.4, 0.5) is 15.2 Å². The van der Waals surface area contributed by atoms with Gasteiger partial charge in [0.1, 0.15) is 18.4 Å². The number of rotatable bonds is 7. The lowest BCUT2D eigenvalue weighted by Crippen LogP contribution is -2.54. The van der Waals surface area contributed by atoms with Crippen molar-refractivity contribution in [1.29, 1.82) is 0 Å². The van der Waals surface area contributed by atoms with E-state index in [4.69, 9.17) is 0 Å². The summed E-state index contributed by atoms with van der Waals surface area (Å²) >= 11 is 1.17. The number of benzene rings is 2. The van der Waals surface area contributed by atoms with E-state index < -0.39 is 16.1 Å². The summed E-state index contributed by atoms with van der Waals surface area (Å²) in [6.45, 7) is 4.31. The van der Waals surface area contributed by atoms with Crippen molar-refractivity contribution in [2.75, 3.05) is 29.3 Å². The average Bonchev–Trinajstić information content (AvgIpc) is 3.55. The van der Waals surface area contributed by atoms with Crippen molar-refractivity contribution < 1.29 is 23.8 Å². The molecule has 2 aromatic carbocycles. The zero-order valence-electron chi connectivity index (χ0n) is 20.7. The minimum Gasteiger partial charge on any atom is -0.335 e. The molecule has 0 bridgehead atoms. The number of aromatic nitrogens is 2. The summed E-state index contributed by atoms with van der Waals surface area (Å²) in [5.41, 5.74) is 1.17. The van der Waals surface area contributed by atoms with E-state index in [9.17, 15) is 22.4 Å². The Kier molecular flexibility index (Phi) is 6.93. The predicted molar refractivity (Wildman–Crippen MR) is 146 cm³/mol. The van der Waals surface area contributed by atoms with E-state index in [0.29, 0.717) is 23.1 Å². The number of anilines is 2. The summed E-state index contributed by atoms with van der Waals surface area (Å²) in [7, 11) is -3.81. The highest BCUT2D eigenvalue weighted by molar-refractivity contribution is 7.93. The number of sulfonamides is 1. The molecule has 1 atom stereocenters. The molecule has 200 valence electrons. The second kappa shape index (κ2) is 10.2. The molecule has 3 heterocycles. The number of halogens is 1. The smallest absolute Gasteiger partial charge is 0.263 e. The van der Waals surface area contributed by atoms with Crippen molar-refractivity contribution in [2.45, 2.75) is 24.8 Å². The Morgan fingerprint density at radius 2 is 1.89 bits per heavy atom. The zero-order chi connectivity index (χ0) is 27.0. The molecule has 38 heavy (non-hydrogen) atoms. The number of carbonyl (C=O) groups is 2. The van der Waals surface area contributed by atoms with Crippen molar-refractivity contribution in [3.63, 3.8) is 0 Å². The molecule has 9 nitrogen and oxygen atoms in total. The molecule has 1 aliphatic rings. The summed E-state index contributed by atoms with van der Waals surface area (Å²) < 4.78 is 43.6. The molecule has 1 aliphatic heterocycles. The van der Waals surface area contributed by atoms with Crippen molar-refractivity contribution in [3.8, 4) is 0 Å². The number of thiazole rings is 1. The number of piperazine rings is 1. The van der Waals surface area contributed by atoms with Gasteiger partial charge in [-0.3, -0.25) is 14.3 Å². The second-order valence-corrected chi connectivity index (χ2v) is 11.9. The molecule has 0 radical (unpaired) electrons.